The van der Waals surface area contributed by atoms with Crippen molar-refractivity contribution in [2.24, 2.45) is 0 Å². The van der Waals surface area contributed by atoms with Crippen LogP contribution >= 0.6 is 0 Å². The van der Waals surface area contributed by atoms with E-state index in [2.05, 4.69) is 0 Å². The van der Waals surface area contributed by atoms with Crippen LogP contribution in [0.25, 0.3) is 0 Å². The molecule has 0 saturated carbocycles. The topological polar surface area (TPSA) is 127 Å². The number of aryl methyl sites for hydroxylation is 2. The predicted molar refractivity (Wildman–Crippen MR) is 111 cm³/mol. The molecule has 0 aliphatic rings. The van der Waals surface area contributed by atoms with Gasteiger partial charge in [0.05, 0.1) is 11.1 Å². The molecule has 2 aromatic carbocycles. The van der Waals surface area contributed by atoms with E-state index in [1.807, 2.05) is 26.0 Å². The van der Waals surface area contributed by atoms with Crippen LogP contribution in [-0.2, 0) is 12.8 Å². The monoisotopic (exact) mass is 384 g/mol. The van der Waals surface area contributed by atoms with Crippen molar-refractivity contribution >= 4 is 23.3 Å². The van der Waals surface area contributed by atoms with Crippen molar-refractivity contribution in [3.8, 4) is 0 Å². The molecule has 0 aliphatic heterocycles. The Morgan fingerprint density at radius 1 is 0.714 bits per heavy atom. The summed E-state index contributed by atoms with van der Waals surface area (Å²) >= 11 is 0. The maximum Gasteiger partial charge on any atom is 0.337 e. The summed E-state index contributed by atoms with van der Waals surface area (Å²) in [5, 5.41) is 18.2. The van der Waals surface area contributed by atoms with Crippen LogP contribution in [0.15, 0.2) is 24.3 Å². The molecule has 0 aromatic heterocycles. The van der Waals surface area contributed by atoms with Crippen molar-refractivity contribution in [3.63, 3.8) is 0 Å². The van der Waals surface area contributed by atoms with Gasteiger partial charge in [0.1, 0.15) is 0 Å². The maximum absolute atomic E-state index is 11.1. The number of rotatable bonds is 9. The summed E-state index contributed by atoms with van der Waals surface area (Å²) in [6.07, 6.45) is 5.87. The Bertz CT molecular complexity index is 817. The standard InChI is InChI=1S/C22H28N2O4/c1-13-15(9-11-17(19(13)23)21(25)26)7-5-3-4-6-8-16-10-12-18(22(27)28)20(24)14(16)2/h9-12H,3-8,23-24H2,1-2H3,(H,25,26)(H,27,28). The van der Waals surface area contributed by atoms with Gasteiger partial charge < -0.3 is 21.7 Å². The van der Waals surface area contributed by atoms with Crippen molar-refractivity contribution in [2.75, 3.05) is 11.5 Å². The normalized spacial score (nSPS) is 10.8. The molecule has 0 amide bonds. The second-order valence-corrected chi connectivity index (χ2v) is 7.15. The van der Waals surface area contributed by atoms with E-state index in [1.165, 1.54) is 0 Å². The Hall–Kier alpha value is -3.02. The van der Waals surface area contributed by atoms with Crippen LogP contribution in [0.4, 0.5) is 11.4 Å². The third kappa shape index (κ3) is 4.82. The average molecular weight is 384 g/mol. The minimum absolute atomic E-state index is 0.157. The third-order valence-corrected chi connectivity index (χ3v) is 5.36. The lowest BCUT2D eigenvalue weighted by atomic mass is 9.96. The molecule has 0 atom stereocenters. The van der Waals surface area contributed by atoms with Gasteiger partial charge in [-0.1, -0.05) is 25.0 Å². The number of carboxylic acid groups (broad SMARTS) is 2. The number of benzene rings is 2. The second-order valence-electron chi connectivity index (χ2n) is 7.15. The zero-order valence-electron chi connectivity index (χ0n) is 16.4. The molecule has 0 unspecified atom stereocenters. The number of carbonyl (C=O) groups is 2. The molecule has 6 N–H and O–H groups in total. The number of unbranched alkanes of at least 4 members (excludes halogenated alkanes) is 3. The van der Waals surface area contributed by atoms with E-state index in [-0.39, 0.29) is 11.1 Å². The molecule has 2 aromatic rings. The molecule has 6 nitrogen and oxygen atoms in total. The third-order valence-electron chi connectivity index (χ3n) is 5.36. The van der Waals surface area contributed by atoms with Gasteiger partial charge in [-0.2, -0.15) is 0 Å². The quantitative estimate of drug-likeness (QED) is 0.379. The summed E-state index contributed by atoms with van der Waals surface area (Å²) < 4.78 is 0. The number of nitrogens with two attached hydrogens (primary N) is 2. The average Bonchev–Trinajstić information content (AvgIpc) is 2.64. The van der Waals surface area contributed by atoms with Gasteiger partial charge in [0, 0.05) is 11.4 Å². The zero-order chi connectivity index (χ0) is 20.8. The molecule has 2 rings (SSSR count). The van der Waals surface area contributed by atoms with E-state index < -0.39 is 11.9 Å². The smallest absolute Gasteiger partial charge is 0.337 e. The molecule has 0 radical (unpaired) electrons. The molecule has 0 spiro atoms. The van der Waals surface area contributed by atoms with Crippen molar-refractivity contribution < 1.29 is 19.8 Å². The highest BCUT2D eigenvalue weighted by Gasteiger charge is 2.13. The fourth-order valence-electron chi connectivity index (χ4n) is 3.45. The second kappa shape index (κ2) is 9.26. The Balaban J connectivity index is 1.82. The molecular weight excluding hydrogens is 356 g/mol. The van der Waals surface area contributed by atoms with Crippen LogP contribution in [-0.4, -0.2) is 22.2 Å². The van der Waals surface area contributed by atoms with Crippen LogP contribution in [0, 0.1) is 13.8 Å². The predicted octanol–water partition coefficient (Wildman–Crippen LogP) is 4.21. The minimum atomic E-state index is -1.00. The fraction of sp³-hybridized carbons (Fsp3) is 0.364. The summed E-state index contributed by atoms with van der Waals surface area (Å²) in [6.45, 7) is 3.73. The van der Waals surface area contributed by atoms with E-state index in [4.69, 9.17) is 21.7 Å². The molecule has 0 saturated heterocycles. The number of nitrogen functional groups attached to an aromatic ring is 2. The first-order valence-corrected chi connectivity index (χ1v) is 9.46. The summed E-state index contributed by atoms with van der Waals surface area (Å²) in [5.41, 5.74) is 16.8. The van der Waals surface area contributed by atoms with Crippen LogP contribution in [0.3, 0.4) is 0 Å². The molecule has 28 heavy (non-hydrogen) atoms. The van der Waals surface area contributed by atoms with E-state index >= 15 is 0 Å². The van der Waals surface area contributed by atoms with Crippen LogP contribution < -0.4 is 11.5 Å². The summed E-state index contributed by atoms with van der Waals surface area (Å²) in [6, 6.07) is 6.86. The Morgan fingerprint density at radius 2 is 1.07 bits per heavy atom. The number of hydrogen-bond acceptors (Lipinski definition) is 4. The first-order valence-electron chi connectivity index (χ1n) is 9.46. The summed E-state index contributed by atoms with van der Waals surface area (Å²) in [7, 11) is 0. The molecule has 0 aliphatic carbocycles. The Kier molecular flexibility index (Phi) is 7.04. The van der Waals surface area contributed by atoms with Crippen LogP contribution in [0.1, 0.15) is 68.7 Å². The first kappa shape index (κ1) is 21.3. The SMILES string of the molecule is Cc1c(CCCCCCc2ccc(C(=O)O)c(N)c2C)ccc(C(=O)O)c1N. The molecular formula is C22H28N2O4. The Morgan fingerprint density at radius 3 is 1.39 bits per heavy atom. The fourth-order valence-corrected chi connectivity index (χ4v) is 3.45. The summed E-state index contributed by atoms with van der Waals surface area (Å²) in [5.74, 6) is -2.00. The van der Waals surface area contributed by atoms with Gasteiger partial charge >= 0.3 is 11.9 Å². The first-order chi connectivity index (χ1) is 13.2. The van der Waals surface area contributed by atoms with Crippen molar-refractivity contribution in [1.82, 2.24) is 0 Å². The number of anilines is 2. The molecule has 150 valence electrons. The molecule has 0 fully saturated rings. The van der Waals surface area contributed by atoms with Gasteiger partial charge in [0.2, 0.25) is 0 Å². The highest BCUT2D eigenvalue weighted by molar-refractivity contribution is 5.95. The van der Waals surface area contributed by atoms with Crippen molar-refractivity contribution in [2.45, 2.75) is 52.4 Å². The van der Waals surface area contributed by atoms with E-state index in [0.29, 0.717) is 11.4 Å². The highest BCUT2D eigenvalue weighted by atomic mass is 16.4. The van der Waals surface area contributed by atoms with Gasteiger partial charge in [-0.15, -0.1) is 0 Å². The zero-order valence-corrected chi connectivity index (χ0v) is 16.4. The van der Waals surface area contributed by atoms with Crippen molar-refractivity contribution in [1.29, 1.82) is 0 Å². The molecule has 0 bridgehead atoms. The lowest BCUT2D eigenvalue weighted by molar-refractivity contribution is 0.0687. The largest absolute Gasteiger partial charge is 0.478 e. The van der Waals surface area contributed by atoms with E-state index in [0.717, 1.165) is 60.8 Å². The van der Waals surface area contributed by atoms with E-state index in [1.54, 1.807) is 12.1 Å². The van der Waals surface area contributed by atoms with Gasteiger partial charge in [-0.3, -0.25) is 0 Å². The van der Waals surface area contributed by atoms with E-state index in [9.17, 15) is 9.59 Å². The lowest BCUT2D eigenvalue weighted by Gasteiger charge is -2.12. The molecule has 0 heterocycles. The van der Waals surface area contributed by atoms with Gasteiger partial charge in [0.25, 0.3) is 0 Å². The highest BCUT2D eigenvalue weighted by Crippen LogP contribution is 2.24. The minimum Gasteiger partial charge on any atom is -0.478 e. The van der Waals surface area contributed by atoms with Gasteiger partial charge in [-0.25, -0.2) is 9.59 Å². The summed E-state index contributed by atoms with van der Waals surface area (Å²) in [4.78, 5) is 22.2. The van der Waals surface area contributed by atoms with Crippen LogP contribution in [0.5, 0.6) is 0 Å². The number of carboxylic acids is 2. The number of hydrogen-bond donors (Lipinski definition) is 4. The maximum atomic E-state index is 11.1. The van der Waals surface area contributed by atoms with Gasteiger partial charge in [0.15, 0.2) is 0 Å². The Labute approximate surface area is 165 Å². The van der Waals surface area contributed by atoms with Crippen molar-refractivity contribution in [3.05, 3.63) is 57.6 Å². The lowest BCUT2D eigenvalue weighted by Crippen LogP contribution is -2.06. The number of aromatic carboxylic acids is 2. The molecule has 6 heteroatoms. The van der Waals surface area contributed by atoms with Crippen LogP contribution in [0.2, 0.25) is 0 Å². The van der Waals surface area contributed by atoms with Gasteiger partial charge in [-0.05, 0) is 73.9 Å².